The normalized spacial score (nSPS) is 19.6. The van der Waals surface area contributed by atoms with Crippen LogP contribution >= 0.6 is 11.8 Å². The Morgan fingerprint density at radius 2 is 2.50 bits per heavy atom. The topological polar surface area (TPSA) is 68.1 Å². The summed E-state index contributed by atoms with van der Waals surface area (Å²) in [6.45, 7) is 0.884. The highest BCUT2D eigenvalue weighted by atomic mass is 32.2. The molecule has 1 unspecified atom stereocenters. The minimum atomic E-state index is -0.441. The first-order chi connectivity index (χ1) is 7.75. The molecule has 5 nitrogen and oxygen atoms in total. The van der Waals surface area contributed by atoms with Crippen LogP contribution in [0.2, 0.25) is 0 Å². The molecule has 0 bridgehead atoms. The summed E-state index contributed by atoms with van der Waals surface area (Å²) in [5, 5.41) is 14.3. The maximum absolute atomic E-state index is 10.4. The SMILES string of the molecule is O=[N+]([O-])c1ccc(NCC2CCCS2)nc1. The van der Waals surface area contributed by atoms with Crippen molar-refractivity contribution in [2.75, 3.05) is 17.6 Å². The van der Waals surface area contributed by atoms with E-state index in [1.54, 1.807) is 6.07 Å². The molecule has 0 amide bonds. The molecule has 86 valence electrons. The number of nitrogens with zero attached hydrogens (tertiary/aromatic N) is 2. The molecule has 2 heterocycles. The molecule has 1 aromatic rings. The second-order valence-corrected chi connectivity index (χ2v) is 5.08. The lowest BCUT2D eigenvalue weighted by Crippen LogP contribution is -2.14. The second-order valence-electron chi connectivity index (χ2n) is 3.67. The van der Waals surface area contributed by atoms with Gasteiger partial charge in [0.15, 0.2) is 0 Å². The fourth-order valence-corrected chi connectivity index (χ4v) is 2.82. The largest absolute Gasteiger partial charge is 0.369 e. The summed E-state index contributed by atoms with van der Waals surface area (Å²) in [7, 11) is 0. The van der Waals surface area contributed by atoms with Gasteiger partial charge in [-0.05, 0) is 24.7 Å². The number of rotatable bonds is 4. The number of aromatic nitrogens is 1. The fourth-order valence-electron chi connectivity index (χ4n) is 1.62. The summed E-state index contributed by atoms with van der Waals surface area (Å²) in [6.07, 6.45) is 3.81. The van der Waals surface area contributed by atoms with Crippen LogP contribution in [0.15, 0.2) is 18.3 Å². The Balaban J connectivity index is 1.87. The number of nitro groups is 1. The molecule has 0 aliphatic carbocycles. The lowest BCUT2D eigenvalue weighted by molar-refractivity contribution is -0.385. The van der Waals surface area contributed by atoms with Crippen LogP contribution in [0.1, 0.15) is 12.8 Å². The number of anilines is 1. The van der Waals surface area contributed by atoms with E-state index in [9.17, 15) is 10.1 Å². The van der Waals surface area contributed by atoms with Crippen LogP contribution in [0.25, 0.3) is 0 Å². The molecule has 0 aromatic carbocycles. The van der Waals surface area contributed by atoms with Crippen LogP contribution in [0.5, 0.6) is 0 Å². The van der Waals surface area contributed by atoms with Crippen LogP contribution < -0.4 is 5.32 Å². The maximum Gasteiger partial charge on any atom is 0.287 e. The number of hydrogen-bond acceptors (Lipinski definition) is 5. The Bertz CT molecular complexity index is 363. The zero-order valence-corrected chi connectivity index (χ0v) is 9.57. The van der Waals surface area contributed by atoms with E-state index in [1.807, 2.05) is 11.8 Å². The first-order valence-corrected chi connectivity index (χ1v) is 6.26. The molecule has 1 N–H and O–H groups in total. The highest BCUT2D eigenvalue weighted by molar-refractivity contribution is 8.00. The predicted octanol–water partition coefficient (Wildman–Crippen LogP) is 2.30. The minimum absolute atomic E-state index is 0.0285. The first kappa shape index (κ1) is 11.2. The average molecular weight is 239 g/mol. The van der Waals surface area contributed by atoms with Gasteiger partial charge >= 0.3 is 0 Å². The van der Waals surface area contributed by atoms with E-state index in [1.165, 1.54) is 30.9 Å². The van der Waals surface area contributed by atoms with Crippen LogP contribution in [0.3, 0.4) is 0 Å². The molecule has 1 atom stereocenters. The predicted molar refractivity (Wildman–Crippen MR) is 64.9 cm³/mol. The van der Waals surface area contributed by atoms with Gasteiger partial charge in [-0.15, -0.1) is 0 Å². The quantitative estimate of drug-likeness (QED) is 0.645. The van der Waals surface area contributed by atoms with Crippen molar-refractivity contribution in [3.05, 3.63) is 28.4 Å². The molecule has 1 aliphatic heterocycles. The lowest BCUT2D eigenvalue weighted by Gasteiger charge is -2.09. The van der Waals surface area contributed by atoms with Gasteiger partial charge in [0.05, 0.1) is 4.92 Å². The third kappa shape index (κ3) is 2.85. The van der Waals surface area contributed by atoms with Crippen molar-refractivity contribution in [2.45, 2.75) is 18.1 Å². The van der Waals surface area contributed by atoms with Crippen molar-refractivity contribution in [3.8, 4) is 0 Å². The maximum atomic E-state index is 10.4. The highest BCUT2D eigenvalue weighted by Gasteiger charge is 2.15. The molecule has 0 spiro atoms. The molecule has 0 radical (unpaired) electrons. The van der Waals surface area contributed by atoms with Crippen LogP contribution in [0.4, 0.5) is 11.5 Å². The number of thioether (sulfide) groups is 1. The van der Waals surface area contributed by atoms with Crippen molar-refractivity contribution in [3.63, 3.8) is 0 Å². The Hall–Kier alpha value is -1.30. The summed E-state index contributed by atoms with van der Waals surface area (Å²) in [6, 6.07) is 3.12. The molecule has 16 heavy (non-hydrogen) atoms. The molecule has 1 aliphatic rings. The third-order valence-corrected chi connectivity index (χ3v) is 3.89. The number of pyridine rings is 1. The second kappa shape index (κ2) is 5.16. The van der Waals surface area contributed by atoms with Crippen LogP contribution in [0, 0.1) is 10.1 Å². The summed E-state index contributed by atoms with van der Waals surface area (Å²) in [4.78, 5) is 14.0. The van der Waals surface area contributed by atoms with E-state index in [0.29, 0.717) is 11.1 Å². The van der Waals surface area contributed by atoms with Crippen molar-refractivity contribution >= 4 is 23.3 Å². The monoisotopic (exact) mass is 239 g/mol. The first-order valence-electron chi connectivity index (χ1n) is 5.21. The van der Waals surface area contributed by atoms with Gasteiger partial charge in [0.25, 0.3) is 5.69 Å². The number of hydrogen-bond donors (Lipinski definition) is 1. The molecular weight excluding hydrogens is 226 g/mol. The average Bonchev–Trinajstić information content (AvgIpc) is 2.80. The minimum Gasteiger partial charge on any atom is -0.369 e. The van der Waals surface area contributed by atoms with Crippen molar-refractivity contribution in [1.29, 1.82) is 0 Å². The zero-order valence-electron chi connectivity index (χ0n) is 8.76. The Labute approximate surface area is 97.8 Å². The molecule has 0 saturated carbocycles. The standard InChI is InChI=1S/C10H13N3O2S/c14-13(15)8-3-4-10(11-6-8)12-7-9-2-1-5-16-9/h3-4,6,9H,1-2,5,7H2,(H,11,12). The van der Waals surface area contributed by atoms with Gasteiger partial charge < -0.3 is 5.32 Å². The smallest absolute Gasteiger partial charge is 0.287 e. The molecular formula is C10H13N3O2S. The van der Waals surface area contributed by atoms with Gasteiger partial charge in [-0.2, -0.15) is 11.8 Å². The lowest BCUT2D eigenvalue weighted by atomic mass is 10.2. The Kier molecular flexibility index (Phi) is 3.61. The van der Waals surface area contributed by atoms with Gasteiger partial charge in [0.2, 0.25) is 0 Å². The highest BCUT2D eigenvalue weighted by Crippen LogP contribution is 2.26. The van der Waals surface area contributed by atoms with Crippen molar-refractivity contribution < 1.29 is 4.92 Å². The van der Waals surface area contributed by atoms with Gasteiger partial charge in [0.1, 0.15) is 12.0 Å². The Morgan fingerprint density at radius 3 is 3.06 bits per heavy atom. The van der Waals surface area contributed by atoms with Gasteiger partial charge in [-0.3, -0.25) is 10.1 Å². The molecule has 2 rings (SSSR count). The molecule has 6 heteroatoms. The van der Waals surface area contributed by atoms with Gasteiger partial charge in [0, 0.05) is 17.9 Å². The molecule has 1 saturated heterocycles. The zero-order chi connectivity index (χ0) is 11.4. The summed E-state index contributed by atoms with van der Waals surface area (Å²) in [5.41, 5.74) is 0.0285. The molecule has 1 fully saturated rings. The van der Waals surface area contributed by atoms with E-state index < -0.39 is 4.92 Å². The van der Waals surface area contributed by atoms with E-state index in [0.717, 1.165) is 6.54 Å². The summed E-state index contributed by atoms with van der Waals surface area (Å²) < 4.78 is 0. The van der Waals surface area contributed by atoms with E-state index in [4.69, 9.17) is 0 Å². The fraction of sp³-hybridized carbons (Fsp3) is 0.500. The number of nitrogens with one attached hydrogen (secondary N) is 1. The van der Waals surface area contributed by atoms with Crippen molar-refractivity contribution in [1.82, 2.24) is 4.98 Å². The van der Waals surface area contributed by atoms with Gasteiger partial charge in [-0.25, -0.2) is 4.98 Å². The third-order valence-electron chi connectivity index (χ3n) is 2.49. The van der Waals surface area contributed by atoms with E-state index in [2.05, 4.69) is 10.3 Å². The van der Waals surface area contributed by atoms with Crippen LogP contribution in [-0.4, -0.2) is 27.5 Å². The summed E-state index contributed by atoms with van der Waals surface area (Å²) >= 11 is 1.97. The Morgan fingerprint density at radius 1 is 1.62 bits per heavy atom. The van der Waals surface area contributed by atoms with E-state index in [-0.39, 0.29) is 5.69 Å². The molecule has 1 aromatic heterocycles. The van der Waals surface area contributed by atoms with Crippen LogP contribution in [-0.2, 0) is 0 Å². The van der Waals surface area contributed by atoms with Crippen molar-refractivity contribution in [2.24, 2.45) is 0 Å². The summed E-state index contributed by atoms with van der Waals surface area (Å²) in [5.74, 6) is 1.94. The van der Waals surface area contributed by atoms with E-state index >= 15 is 0 Å². The van der Waals surface area contributed by atoms with Gasteiger partial charge in [-0.1, -0.05) is 0 Å².